The topological polar surface area (TPSA) is 38.3 Å². The van der Waals surface area contributed by atoms with E-state index in [-0.39, 0.29) is 5.69 Å². The van der Waals surface area contributed by atoms with Crippen molar-refractivity contribution < 1.29 is 18.3 Å². The summed E-state index contributed by atoms with van der Waals surface area (Å²) in [5, 5.41) is 2.17. The van der Waals surface area contributed by atoms with Gasteiger partial charge in [-0.15, -0.1) is 0 Å². The minimum Gasteiger partial charge on any atom is -0.497 e. The molecule has 0 aliphatic heterocycles. The number of hydrogen-bond donors (Lipinski definition) is 1. The molecule has 0 saturated heterocycles. The van der Waals surface area contributed by atoms with Crippen molar-refractivity contribution in [2.24, 2.45) is 0 Å². The van der Waals surface area contributed by atoms with Crippen LogP contribution in [0.1, 0.15) is 5.56 Å². The summed E-state index contributed by atoms with van der Waals surface area (Å²) in [6.07, 6.45) is 1.80. The van der Waals surface area contributed by atoms with E-state index in [2.05, 4.69) is 5.32 Å². The zero-order valence-corrected chi connectivity index (χ0v) is 11.9. The van der Waals surface area contributed by atoms with Crippen molar-refractivity contribution in [3.05, 3.63) is 66.2 Å². The lowest BCUT2D eigenvalue weighted by Gasteiger charge is -2.12. The third-order valence-electron chi connectivity index (χ3n) is 2.94. The number of methoxy groups -OCH3 is 1. The molecule has 0 heterocycles. The van der Waals surface area contributed by atoms with Crippen LogP contribution in [0, 0.1) is 0 Å². The summed E-state index contributed by atoms with van der Waals surface area (Å²) in [4.78, 5) is 11.7. The third kappa shape index (κ3) is 4.15. The Kier molecular flexibility index (Phi) is 4.88. The van der Waals surface area contributed by atoms with Gasteiger partial charge in [0.25, 0.3) is 5.91 Å². The van der Waals surface area contributed by atoms with Crippen LogP contribution in [-0.4, -0.2) is 18.9 Å². The van der Waals surface area contributed by atoms with Crippen molar-refractivity contribution in [1.29, 1.82) is 0 Å². The molecule has 0 saturated carbocycles. The lowest BCUT2D eigenvalue weighted by atomic mass is 10.1. The summed E-state index contributed by atoms with van der Waals surface area (Å²) in [6.45, 7) is 0. The lowest BCUT2D eigenvalue weighted by Crippen LogP contribution is -2.32. The quantitative estimate of drug-likeness (QED) is 0.907. The van der Waals surface area contributed by atoms with Crippen LogP contribution in [0.15, 0.2) is 60.7 Å². The molecule has 0 unspecified atom stereocenters. The van der Waals surface area contributed by atoms with E-state index in [4.69, 9.17) is 4.74 Å². The molecule has 114 valence electrons. The van der Waals surface area contributed by atoms with Crippen molar-refractivity contribution in [1.82, 2.24) is 0 Å². The number of benzene rings is 2. The van der Waals surface area contributed by atoms with Crippen molar-refractivity contribution in [2.75, 3.05) is 12.4 Å². The molecule has 0 aromatic heterocycles. The van der Waals surface area contributed by atoms with E-state index in [0.717, 1.165) is 0 Å². The van der Waals surface area contributed by atoms with Crippen molar-refractivity contribution in [3.8, 4) is 5.75 Å². The van der Waals surface area contributed by atoms with E-state index in [9.17, 15) is 13.6 Å². The van der Waals surface area contributed by atoms with Gasteiger partial charge in [0.05, 0.1) is 7.11 Å². The fourth-order valence-electron chi connectivity index (χ4n) is 1.73. The molecule has 0 radical (unpaired) electrons. The average Bonchev–Trinajstić information content (AvgIpc) is 2.54. The SMILES string of the molecule is COc1ccc(NC(=O)C(F)(F)/C=C/c2ccccc2)cc1. The summed E-state index contributed by atoms with van der Waals surface area (Å²) < 4.78 is 32.6. The molecular formula is C17H15F2NO2. The molecule has 0 aliphatic rings. The standard InChI is InChI=1S/C17H15F2NO2/c1-22-15-9-7-14(8-10-15)20-16(21)17(18,19)12-11-13-5-3-2-4-6-13/h2-12H,1H3,(H,20,21)/b12-11+. The van der Waals surface area contributed by atoms with E-state index in [0.29, 0.717) is 17.4 Å². The van der Waals surface area contributed by atoms with Gasteiger partial charge in [-0.2, -0.15) is 8.78 Å². The number of halogens is 2. The zero-order valence-electron chi connectivity index (χ0n) is 11.9. The predicted octanol–water partition coefficient (Wildman–Crippen LogP) is 3.98. The maximum Gasteiger partial charge on any atom is 0.343 e. The largest absolute Gasteiger partial charge is 0.497 e. The van der Waals surface area contributed by atoms with Crippen LogP contribution in [0.4, 0.5) is 14.5 Å². The molecular weight excluding hydrogens is 288 g/mol. The molecule has 2 aromatic carbocycles. The Bertz CT molecular complexity index is 652. The molecule has 2 rings (SSSR count). The van der Waals surface area contributed by atoms with Gasteiger partial charge < -0.3 is 10.1 Å². The predicted molar refractivity (Wildman–Crippen MR) is 82.0 cm³/mol. The van der Waals surface area contributed by atoms with Crippen LogP contribution in [0.2, 0.25) is 0 Å². The molecule has 0 spiro atoms. The Hall–Kier alpha value is -2.69. The van der Waals surface area contributed by atoms with Crippen molar-refractivity contribution in [3.63, 3.8) is 0 Å². The zero-order chi connectivity index (χ0) is 16.0. The van der Waals surface area contributed by atoms with Gasteiger partial charge in [0, 0.05) is 5.69 Å². The number of alkyl halides is 2. The number of amides is 1. The molecule has 0 bridgehead atoms. The average molecular weight is 303 g/mol. The Labute approximate surface area is 127 Å². The summed E-state index contributed by atoms with van der Waals surface area (Å²) in [6, 6.07) is 14.7. The Morgan fingerprint density at radius 2 is 1.73 bits per heavy atom. The van der Waals surface area contributed by atoms with Gasteiger partial charge in [-0.25, -0.2) is 0 Å². The number of anilines is 1. The van der Waals surface area contributed by atoms with Gasteiger partial charge in [-0.3, -0.25) is 4.79 Å². The van der Waals surface area contributed by atoms with Gasteiger partial charge in [0.1, 0.15) is 5.75 Å². The first-order chi connectivity index (χ1) is 10.5. The van der Waals surface area contributed by atoms with Crippen molar-refractivity contribution >= 4 is 17.7 Å². The van der Waals surface area contributed by atoms with E-state index in [1.165, 1.54) is 25.3 Å². The summed E-state index contributed by atoms with van der Waals surface area (Å²) in [5.74, 6) is -4.41. The first kappa shape index (κ1) is 15.7. The second-order valence-electron chi connectivity index (χ2n) is 4.55. The van der Waals surface area contributed by atoms with E-state index < -0.39 is 11.8 Å². The number of rotatable bonds is 5. The van der Waals surface area contributed by atoms with Gasteiger partial charge in [0.2, 0.25) is 0 Å². The van der Waals surface area contributed by atoms with Crippen LogP contribution in [0.5, 0.6) is 5.75 Å². The van der Waals surface area contributed by atoms with E-state index in [1.54, 1.807) is 42.5 Å². The molecule has 3 nitrogen and oxygen atoms in total. The summed E-state index contributed by atoms with van der Waals surface area (Å²) in [5.41, 5.74) is 0.873. The molecule has 1 N–H and O–H groups in total. The fraction of sp³-hybridized carbons (Fsp3) is 0.118. The summed E-state index contributed by atoms with van der Waals surface area (Å²) in [7, 11) is 1.50. The number of carbonyl (C=O) groups excluding carboxylic acids is 1. The monoisotopic (exact) mass is 303 g/mol. The first-order valence-corrected chi connectivity index (χ1v) is 6.59. The maximum absolute atomic E-state index is 13.8. The normalized spacial score (nSPS) is 11.4. The highest BCUT2D eigenvalue weighted by Gasteiger charge is 2.35. The van der Waals surface area contributed by atoms with Gasteiger partial charge >= 0.3 is 5.92 Å². The Morgan fingerprint density at radius 1 is 1.09 bits per heavy atom. The van der Waals surface area contributed by atoms with Crippen LogP contribution < -0.4 is 10.1 Å². The molecule has 22 heavy (non-hydrogen) atoms. The Balaban J connectivity index is 2.04. The highest BCUT2D eigenvalue weighted by Crippen LogP contribution is 2.21. The minimum absolute atomic E-state index is 0.276. The van der Waals surface area contributed by atoms with Crippen LogP contribution in [0.25, 0.3) is 6.08 Å². The van der Waals surface area contributed by atoms with Gasteiger partial charge in [-0.1, -0.05) is 36.4 Å². The minimum atomic E-state index is -3.60. The Morgan fingerprint density at radius 3 is 2.32 bits per heavy atom. The van der Waals surface area contributed by atoms with E-state index >= 15 is 0 Å². The van der Waals surface area contributed by atoms with E-state index in [1.807, 2.05) is 0 Å². The highest BCUT2D eigenvalue weighted by molar-refractivity contribution is 5.98. The number of nitrogens with one attached hydrogen (secondary N) is 1. The van der Waals surface area contributed by atoms with Crippen LogP contribution in [0.3, 0.4) is 0 Å². The lowest BCUT2D eigenvalue weighted by molar-refractivity contribution is -0.133. The second kappa shape index (κ2) is 6.85. The van der Waals surface area contributed by atoms with Crippen LogP contribution >= 0.6 is 0 Å². The smallest absolute Gasteiger partial charge is 0.343 e. The summed E-state index contributed by atoms with van der Waals surface area (Å²) >= 11 is 0. The number of hydrogen-bond acceptors (Lipinski definition) is 2. The molecule has 0 fully saturated rings. The molecule has 0 aliphatic carbocycles. The van der Waals surface area contributed by atoms with Crippen molar-refractivity contribution in [2.45, 2.75) is 5.92 Å². The van der Waals surface area contributed by atoms with Gasteiger partial charge in [-0.05, 0) is 35.9 Å². The number of carbonyl (C=O) groups is 1. The first-order valence-electron chi connectivity index (χ1n) is 6.59. The fourth-order valence-corrected chi connectivity index (χ4v) is 1.73. The third-order valence-corrected chi connectivity index (χ3v) is 2.94. The molecule has 1 amide bonds. The van der Waals surface area contributed by atoms with Gasteiger partial charge in [0.15, 0.2) is 0 Å². The molecule has 2 aromatic rings. The molecule has 0 atom stereocenters. The second-order valence-corrected chi connectivity index (χ2v) is 4.55. The molecule has 5 heteroatoms. The highest BCUT2D eigenvalue weighted by atomic mass is 19.3. The van der Waals surface area contributed by atoms with Crippen LogP contribution in [-0.2, 0) is 4.79 Å². The maximum atomic E-state index is 13.8. The number of ether oxygens (including phenoxy) is 1.